The Labute approximate surface area is 63.7 Å². The van der Waals surface area contributed by atoms with Crippen molar-refractivity contribution >= 4 is 10.4 Å². The number of hydrogen-bond donors (Lipinski definition) is 2. The van der Waals surface area contributed by atoms with Crippen LogP contribution in [0, 0.1) is 0 Å². The topological polar surface area (TPSA) is 93.1 Å². The molecule has 2 atom stereocenters. The maximum atomic E-state index is 10.5. The summed E-state index contributed by atoms with van der Waals surface area (Å²) >= 11 is 0. The molecular formula is C4H8O6S. The van der Waals surface area contributed by atoms with Crippen molar-refractivity contribution in [2.75, 3.05) is 13.2 Å². The first-order valence-electron chi connectivity index (χ1n) is 2.92. The average Bonchev–Trinajstić information content (AvgIpc) is 1.94. The van der Waals surface area contributed by atoms with E-state index in [2.05, 4.69) is 8.37 Å². The lowest BCUT2D eigenvalue weighted by molar-refractivity contribution is -0.0536. The van der Waals surface area contributed by atoms with Gasteiger partial charge in [-0.05, 0) is 0 Å². The summed E-state index contributed by atoms with van der Waals surface area (Å²) in [6.07, 6.45) is -2.20. The lowest BCUT2D eigenvalue weighted by Gasteiger charge is -2.24. The SMILES string of the molecule is O=S1(=O)OCC(O)C(CO)O1. The van der Waals surface area contributed by atoms with Crippen LogP contribution < -0.4 is 0 Å². The summed E-state index contributed by atoms with van der Waals surface area (Å²) in [6, 6.07) is 0. The third kappa shape index (κ3) is 2.11. The van der Waals surface area contributed by atoms with Crippen molar-refractivity contribution < 1.29 is 27.0 Å². The normalized spacial score (nSPS) is 36.9. The van der Waals surface area contributed by atoms with Crippen molar-refractivity contribution in [1.82, 2.24) is 0 Å². The van der Waals surface area contributed by atoms with E-state index in [0.29, 0.717) is 0 Å². The highest BCUT2D eigenvalue weighted by molar-refractivity contribution is 7.81. The monoisotopic (exact) mass is 184 g/mol. The van der Waals surface area contributed by atoms with Crippen LogP contribution in [-0.4, -0.2) is 44.1 Å². The minimum Gasteiger partial charge on any atom is -0.394 e. The van der Waals surface area contributed by atoms with E-state index in [1.54, 1.807) is 0 Å². The molecule has 11 heavy (non-hydrogen) atoms. The molecule has 1 aliphatic heterocycles. The molecule has 0 aliphatic carbocycles. The zero-order valence-electron chi connectivity index (χ0n) is 5.50. The predicted octanol–water partition coefficient (Wildman–Crippen LogP) is -2.00. The van der Waals surface area contributed by atoms with Gasteiger partial charge in [-0.2, -0.15) is 8.42 Å². The molecule has 6 nitrogen and oxygen atoms in total. The molecule has 1 rings (SSSR count). The number of aliphatic hydroxyl groups excluding tert-OH is 2. The van der Waals surface area contributed by atoms with Gasteiger partial charge in [-0.3, -0.25) is 0 Å². The van der Waals surface area contributed by atoms with Crippen LogP contribution >= 0.6 is 0 Å². The van der Waals surface area contributed by atoms with E-state index in [9.17, 15) is 8.42 Å². The highest BCUT2D eigenvalue weighted by Crippen LogP contribution is 2.13. The van der Waals surface area contributed by atoms with Gasteiger partial charge in [0.2, 0.25) is 0 Å². The Kier molecular flexibility index (Phi) is 2.45. The molecule has 0 spiro atoms. The minimum atomic E-state index is -4.00. The summed E-state index contributed by atoms with van der Waals surface area (Å²) in [4.78, 5) is 0. The summed E-state index contributed by atoms with van der Waals surface area (Å²) < 4.78 is 29.3. The molecule has 1 aliphatic rings. The van der Waals surface area contributed by atoms with Gasteiger partial charge in [0.1, 0.15) is 12.2 Å². The van der Waals surface area contributed by atoms with Crippen molar-refractivity contribution in [3.05, 3.63) is 0 Å². The average molecular weight is 184 g/mol. The summed E-state index contributed by atoms with van der Waals surface area (Å²) in [5.74, 6) is 0. The Morgan fingerprint density at radius 3 is 2.64 bits per heavy atom. The van der Waals surface area contributed by atoms with Crippen LogP contribution in [0.2, 0.25) is 0 Å². The Morgan fingerprint density at radius 2 is 2.18 bits per heavy atom. The van der Waals surface area contributed by atoms with E-state index in [1.165, 1.54) is 0 Å². The second-order valence-corrected chi connectivity index (χ2v) is 3.32. The molecule has 0 saturated carbocycles. The van der Waals surface area contributed by atoms with E-state index in [-0.39, 0.29) is 6.61 Å². The Morgan fingerprint density at radius 1 is 1.55 bits per heavy atom. The van der Waals surface area contributed by atoms with Crippen LogP contribution in [0.5, 0.6) is 0 Å². The highest BCUT2D eigenvalue weighted by atomic mass is 32.3. The van der Waals surface area contributed by atoms with E-state index in [0.717, 1.165) is 0 Å². The van der Waals surface area contributed by atoms with Gasteiger partial charge in [-0.25, -0.2) is 8.37 Å². The van der Waals surface area contributed by atoms with E-state index in [4.69, 9.17) is 10.2 Å². The lowest BCUT2D eigenvalue weighted by Crippen LogP contribution is -2.43. The summed E-state index contributed by atoms with van der Waals surface area (Å²) in [5.41, 5.74) is 0. The smallest absolute Gasteiger partial charge is 0.394 e. The van der Waals surface area contributed by atoms with Crippen LogP contribution in [-0.2, 0) is 18.8 Å². The molecule has 0 bridgehead atoms. The van der Waals surface area contributed by atoms with Gasteiger partial charge in [0.25, 0.3) is 0 Å². The molecule has 7 heteroatoms. The van der Waals surface area contributed by atoms with Crippen molar-refractivity contribution in [2.45, 2.75) is 12.2 Å². The van der Waals surface area contributed by atoms with Gasteiger partial charge in [0.05, 0.1) is 13.2 Å². The van der Waals surface area contributed by atoms with Gasteiger partial charge < -0.3 is 10.2 Å². The molecule has 2 N–H and O–H groups in total. The van der Waals surface area contributed by atoms with Crippen LogP contribution in [0.25, 0.3) is 0 Å². The number of rotatable bonds is 1. The molecule has 2 unspecified atom stereocenters. The van der Waals surface area contributed by atoms with Gasteiger partial charge in [-0.15, -0.1) is 0 Å². The van der Waals surface area contributed by atoms with Crippen LogP contribution in [0.4, 0.5) is 0 Å². The Balaban J connectivity index is 2.66. The molecular weight excluding hydrogens is 176 g/mol. The van der Waals surface area contributed by atoms with Gasteiger partial charge in [0, 0.05) is 0 Å². The molecule has 0 amide bonds. The quantitative estimate of drug-likeness (QED) is 0.489. The van der Waals surface area contributed by atoms with Gasteiger partial charge in [0.15, 0.2) is 0 Å². The first-order chi connectivity index (χ1) is 5.05. The third-order valence-electron chi connectivity index (χ3n) is 1.23. The van der Waals surface area contributed by atoms with Gasteiger partial charge >= 0.3 is 10.4 Å². The van der Waals surface area contributed by atoms with Crippen molar-refractivity contribution in [3.8, 4) is 0 Å². The maximum absolute atomic E-state index is 10.5. The second-order valence-electron chi connectivity index (χ2n) is 2.08. The minimum absolute atomic E-state index is 0.367. The van der Waals surface area contributed by atoms with Crippen LogP contribution in [0.3, 0.4) is 0 Å². The van der Waals surface area contributed by atoms with Crippen LogP contribution in [0.1, 0.15) is 0 Å². The van der Waals surface area contributed by atoms with E-state index in [1.807, 2.05) is 0 Å². The maximum Gasteiger partial charge on any atom is 0.400 e. The fourth-order valence-electron chi connectivity index (χ4n) is 0.656. The zero-order valence-corrected chi connectivity index (χ0v) is 6.32. The first-order valence-corrected chi connectivity index (χ1v) is 4.25. The summed E-state index contributed by atoms with van der Waals surface area (Å²) in [7, 11) is -4.00. The first kappa shape index (κ1) is 8.88. The van der Waals surface area contributed by atoms with Crippen molar-refractivity contribution in [3.63, 3.8) is 0 Å². The molecule has 0 aromatic heterocycles. The van der Waals surface area contributed by atoms with Crippen LogP contribution in [0.15, 0.2) is 0 Å². The molecule has 0 aromatic carbocycles. The van der Waals surface area contributed by atoms with Crippen molar-refractivity contribution in [1.29, 1.82) is 0 Å². The number of aliphatic hydroxyl groups is 2. The zero-order chi connectivity index (χ0) is 8.48. The molecule has 1 saturated heterocycles. The largest absolute Gasteiger partial charge is 0.400 e. The number of hydrogen-bond acceptors (Lipinski definition) is 6. The molecule has 0 radical (unpaired) electrons. The van der Waals surface area contributed by atoms with E-state index >= 15 is 0 Å². The molecule has 66 valence electrons. The lowest BCUT2D eigenvalue weighted by atomic mass is 10.2. The molecule has 0 aromatic rings. The van der Waals surface area contributed by atoms with E-state index < -0.39 is 29.2 Å². The molecule has 1 fully saturated rings. The fraction of sp³-hybridized carbons (Fsp3) is 1.00. The molecule has 1 heterocycles. The van der Waals surface area contributed by atoms with Crippen molar-refractivity contribution in [2.24, 2.45) is 0 Å². The van der Waals surface area contributed by atoms with Gasteiger partial charge in [-0.1, -0.05) is 0 Å². The Bertz CT molecular complexity index is 221. The highest BCUT2D eigenvalue weighted by Gasteiger charge is 2.33. The predicted molar refractivity (Wildman–Crippen MR) is 32.8 cm³/mol. The third-order valence-corrected chi connectivity index (χ3v) is 2.14. The standard InChI is InChI=1S/C4H8O6S/c5-1-4-3(6)2-9-11(7,8)10-4/h3-6H,1-2H2. The fourth-order valence-corrected chi connectivity index (χ4v) is 1.51. The second kappa shape index (κ2) is 3.03. The summed E-state index contributed by atoms with van der Waals surface area (Å²) in [5, 5.41) is 17.4. The summed E-state index contributed by atoms with van der Waals surface area (Å²) in [6.45, 7) is -0.919. The Hall–Kier alpha value is -0.210.